The molecule has 0 amide bonds. The number of rotatable bonds is 7. The summed E-state index contributed by atoms with van der Waals surface area (Å²) in [6, 6.07) is 13.2. The summed E-state index contributed by atoms with van der Waals surface area (Å²) in [5.41, 5.74) is -0.744. The Morgan fingerprint density at radius 3 is 2.55 bits per heavy atom. The van der Waals surface area contributed by atoms with E-state index in [1.807, 2.05) is 20.8 Å². The standard InChI is InChI=1S/C32H28F3N3O4/c1-31(2,3)32(40,19-7-5-6-18(14-19)8-11-27(39)41-4)26-17-37-30(38-26)22-15-20(9-10-23(22)33)42-29-24(34)16-25-21(28(29)35)12-13-36-25/h5-17,36,40H,1-4H3,(H,37,38)/b11-8+. The van der Waals surface area contributed by atoms with E-state index in [0.29, 0.717) is 11.1 Å². The SMILES string of the molecule is COC(=O)/C=C/c1cccc(C(O)(c2cnc(-c3cc(Oc4c(F)cc5[nH]ccc5c4F)ccc3F)[nH]2)C(C)(C)C)c1. The van der Waals surface area contributed by atoms with Gasteiger partial charge in [-0.15, -0.1) is 0 Å². The molecule has 1 atom stereocenters. The van der Waals surface area contributed by atoms with Crippen molar-refractivity contribution in [2.75, 3.05) is 7.11 Å². The molecule has 0 radical (unpaired) electrons. The van der Waals surface area contributed by atoms with Crippen LogP contribution >= 0.6 is 0 Å². The first-order valence-corrected chi connectivity index (χ1v) is 13.0. The van der Waals surface area contributed by atoms with E-state index < -0.39 is 40.2 Å². The molecule has 0 spiro atoms. The molecule has 42 heavy (non-hydrogen) atoms. The van der Waals surface area contributed by atoms with Crippen molar-refractivity contribution in [3.8, 4) is 22.9 Å². The summed E-state index contributed by atoms with van der Waals surface area (Å²) < 4.78 is 54.8. The number of aromatic nitrogens is 3. The molecule has 2 heterocycles. The van der Waals surface area contributed by atoms with Gasteiger partial charge in [0.05, 0.1) is 30.1 Å². The molecule has 0 bridgehead atoms. The minimum absolute atomic E-state index is 0.0202. The number of hydrogen-bond acceptors (Lipinski definition) is 5. The van der Waals surface area contributed by atoms with Crippen LogP contribution < -0.4 is 4.74 Å². The molecular weight excluding hydrogens is 547 g/mol. The van der Waals surface area contributed by atoms with Crippen molar-refractivity contribution < 1.29 is 32.5 Å². The number of aromatic amines is 2. The first-order chi connectivity index (χ1) is 19.9. The number of ether oxygens (including phenoxy) is 2. The summed E-state index contributed by atoms with van der Waals surface area (Å²) in [7, 11) is 1.28. The van der Waals surface area contributed by atoms with Gasteiger partial charge in [0.1, 0.15) is 23.0 Å². The molecule has 5 aromatic rings. The van der Waals surface area contributed by atoms with E-state index in [-0.39, 0.29) is 33.7 Å². The lowest BCUT2D eigenvalue weighted by molar-refractivity contribution is -0.134. The second-order valence-electron chi connectivity index (χ2n) is 10.8. The van der Waals surface area contributed by atoms with Crippen molar-refractivity contribution in [1.82, 2.24) is 15.0 Å². The van der Waals surface area contributed by atoms with Gasteiger partial charge < -0.3 is 24.5 Å². The fourth-order valence-corrected chi connectivity index (χ4v) is 4.81. The predicted molar refractivity (Wildman–Crippen MR) is 152 cm³/mol. The zero-order valence-corrected chi connectivity index (χ0v) is 23.3. The van der Waals surface area contributed by atoms with E-state index in [1.54, 1.807) is 30.3 Å². The Kier molecular flexibility index (Phi) is 7.42. The number of hydrogen-bond donors (Lipinski definition) is 3. The molecule has 0 aliphatic carbocycles. The Labute approximate surface area is 239 Å². The van der Waals surface area contributed by atoms with Gasteiger partial charge in [-0.05, 0) is 47.5 Å². The van der Waals surface area contributed by atoms with Crippen LogP contribution in [0.1, 0.15) is 37.6 Å². The molecule has 7 nitrogen and oxygen atoms in total. The number of imidazole rings is 1. The first kappa shape index (κ1) is 28.7. The quantitative estimate of drug-likeness (QED) is 0.140. The number of fused-ring (bicyclic) bond motifs is 1. The minimum atomic E-state index is -1.63. The Balaban J connectivity index is 1.52. The van der Waals surface area contributed by atoms with Gasteiger partial charge in [0.2, 0.25) is 0 Å². The van der Waals surface area contributed by atoms with Crippen LogP contribution in [-0.4, -0.2) is 33.1 Å². The van der Waals surface area contributed by atoms with E-state index in [4.69, 9.17) is 4.74 Å². The monoisotopic (exact) mass is 575 g/mol. The number of methoxy groups -OCH3 is 1. The van der Waals surface area contributed by atoms with Gasteiger partial charge in [-0.2, -0.15) is 0 Å². The van der Waals surface area contributed by atoms with E-state index in [9.17, 15) is 18.7 Å². The lowest BCUT2D eigenvalue weighted by atomic mass is 9.70. The Morgan fingerprint density at radius 2 is 1.81 bits per heavy atom. The van der Waals surface area contributed by atoms with Crippen molar-refractivity contribution in [1.29, 1.82) is 0 Å². The van der Waals surface area contributed by atoms with E-state index >= 15 is 4.39 Å². The van der Waals surface area contributed by atoms with Gasteiger partial charge in [-0.25, -0.2) is 22.9 Å². The molecule has 5 rings (SSSR count). The number of nitrogens with zero attached hydrogens (tertiary/aromatic N) is 1. The second-order valence-corrected chi connectivity index (χ2v) is 10.8. The highest BCUT2D eigenvalue weighted by Crippen LogP contribution is 2.45. The highest BCUT2D eigenvalue weighted by Gasteiger charge is 2.45. The zero-order valence-electron chi connectivity index (χ0n) is 23.3. The largest absolute Gasteiger partial charge is 0.466 e. The number of nitrogens with one attached hydrogen (secondary N) is 2. The topological polar surface area (TPSA) is 100 Å². The fraction of sp³-hybridized carbons (Fsp3) is 0.188. The summed E-state index contributed by atoms with van der Waals surface area (Å²) in [5.74, 6) is -3.58. The third-order valence-corrected chi connectivity index (χ3v) is 7.08. The van der Waals surface area contributed by atoms with Gasteiger partial charge in [0.25, 0.3) is 0 Å². The Morgan fingerprint density at radius 1 is 1.02 bits per heavy atom. The highest BCUT2D eigenvalue weighted by molar-refractivity contribution is 5.87. The minimum Gasteiger partial charge on any atom is -0.466 e. The van der Waals surface area contributed by atoms with Crippen LogP contribution in [0.5, 0.6) is 11.5 Å². The smallest absolute Gasteiger partial charge is 0.330 e. The number of carbonyl (C=O) groups excluding carboxylic acids is 1. The van der Waals surface area contributed by atoms with Gasteiger partial charge >= 0.3 is 5.97 Å². The molecule has 0 aliphatic heterocycles. The van der Waals surface area contributed by atoms with Crippen molar-refractivity contribution in [3.05, 3.63) is 107 Å². The van der Waals surface area contributed by atoms with Gasteiger partial charge in [0, 0.05) is 29.1 Å². The average molecular weight is 576 g/mol. The predicted octanol–water partition coefficient (Wildman–Crippen LogP) is 7.24. The average Bonchev–Trinajstić information content (AvgIpc) is 3.64. The highest BCUT2D eigenvalue weighted by atomic mass is 19.1. The van der Waals surface area contributed by atoms with Gasteiger partial charge in [-0.3, -0.25) is 0 Å². The molecule has 3 N–H and O–H groups in total. The van der Waals surface area contributed by atoms with Crippen LogP contribution in [-0.2, 0) is 15.1 Å². The zero-order chi connectivity index (χ0) is 30.2. The van der Waals surface area contributed by atoms with Crippen LogP contribution in [0.15, 0.2) is 73.1 Å². The maximum absolute atomic E-state index is 15.0. The Hall–Kier alpha value is -4.83. The van der Waals surface area contributed by atoms with E-state index in [2.05, 4.69) is 19.7 Å². The molecule has 216 valence electrons. The number of halogens is 3. The molecule has 0 fully saturated rings. The summed E-state index contributed by atoms with van der Waals surface area (Å²) in [6.07, 6.45) is 5.73. The van der Waals surface area contributed by atoms with Crippen molar-refractivity contribution in [3.63, 3.8) is 0 Å². The van der Waals surface area contributed by atoms with E-state index in [1.165, 1.54) is 43.8 Å². The summed E-state index contributed by atoms with van der Waals surface area (Å²) >= 11 is 0. The second kappa shape index (κ2) is 10.9. The molecular formula is C32H28F3N3O4. The normalized spacial score (nSPS) is 13.4. The molecule has 2 aromatic heterocycles. The third-order valence-electron chi connectivity index (χ3n) is 7.08. The lowest BCUT2D eigenvalue weighted by Gasteiger charge is -2.40. The lowest BCUT2D eigenvalue weighted by Crippen LogP contribution is -2.41. The molecule has 10 heteroatoms. The number of aliphatic hydroxyl groups is 1. The van der Waals surface area contributed by atoms with E-state index in [0.717, 1.165) is 12.1 Å². The third kappa shape index (κ3) is 5.16. The van der Waals surface area contributed by atoms with Crippen molar-refractivity contribution >= 4 is 22.9 Å². The van der Waals surface area contributed by atoms with Gasteiger partial charge in [0.15, 0.2) is 17.4 Å². The van der Waals surface area contributed by atoms with Crippen LogP contribution in [0.2, 0.25) is 0 Å². The van der Waals surface area contributed by atoms with Crippen LogP contribution in [0, 0.1) is 22.9 Å². The number of benzene rings is 3. The summed E-state index contributed by atoms with van der Waals surface area (Å²) in [4.78, 5) is 21.7. The van der Waals surface area contributed by atoms with Crippen LogP contribution in [0.4, 0.5) is 13.2 Å². The molecule has 0 aliphatic rings. The van der Waals surface area contributed by atoms with Crippen molar-refractivity contribution in [2.24, 2.45) is 5.41 Å². The van der Waals surface area contributed by atoms with Crippen LogP contribution in [0.3, 0.4) is 0 Å². The number of H-pyrrole nitrogens is 2. The number of esters is 1. The van der Waals surface area contributed by atoms with Gasteiger partial charge in [-0.1, -0.05) is 39.0 Å². The molecule has 0 saturated carbocycles. The fourth-order valence-electron chi connectivity index (χ4n) is 4.81. The molecule has 3 aromatic carbocycles. The maximum atomic E-state index is 15.0. The summed E-state index contributed by atoms with van der Waals surface area (Å²) in [5, 5.41) is 12.3. The van der Waals surface area contributed by atoms with Crippen molar-refractivity contribution in [2.45, 2.75) is 26.4 Å². The Bertz CT molecular complexity index is 1820. The molecule has 1 unspecified atom stereocenters. The maximum Gasteiger partial charge on any atom is 0.330 e. The summed E-state index contributed by atoms with van der Waals surface area (Å²) in [6.45, 7) is 5.51. The molecule has 0 saturated heterocycles. The van der Waals surface area contributed by atoms with Crippen LogP contribution in [0.25, 0.3) is 28.4 Å². The first-order valence-electron chi connectivity index (χ1n) is 13.0. The number of carbonyl (C=O) groups is 1.